The zero-order valence-corrected chi connectivity index (χ0v) is 14.9. The summed E-state index contributed by atoms with van der Waals surface area (Å²) < 4.78 is 11.0. The lowest BCUT2D eigenvalue weighted by atomic mass is 9.96. The second-order valence-corrected chi connectivity index (χ2v) is 6.24. The van der Waals surface area contributed by atoms with Gasteiger partial charge in [-0.05, 0) is 30.7 Å². The van der Waals surface area contributed by atoms with Gasteiger partial charge in [-0.1, -0.05) is 6.92 Å². The SMILES string of the molecule is COC1C(=C=O)CCN1CCOc1ccc(C(=O)C(C)CC(=O)O)cc1. The minimum Gasteiger partial charge on any atom is -0.492 e. The Hall–Kier alpha value is -2.47. The van der Waals surface area contributed by atoms with Crippen LogP contribution >= 0.6 is 0 Å². The van der Waals surface area contributed by atoms with Crippen LogP contribution in [-0.2, 0) is 14.3 Å². The summed E-state index contributed by atoms with van der Waals surface area (Å²) in [6.07, 6.45) is 0.116. The molecule has 1 heterocycles. The van der Waals surface area contributed by atoms with Crippen molar-refractivity contribution in [3.63, 3.8) is 0 Å². The molecule has 2 rings (SSSR count). The maximum Gasteiger partial charge on any atom is 0.304 e. The number of hydrogen-bond donors (Lipinski definition) is 1. The van der Waals surface area contributed by atoms with Crippen molar-refractivity contribution in [2.75, 3.05) is 26.8 Å². The van der Waals surface area contributed by atoms with Crippen molar-refractivity contribution in [3.8, 4) is 5.75 Å². The molecule has 1 saturated heterocycles. The maximum absolute atomic E-state index is 12.1. The van der Waals surface area contributed by atoms with E-state index in [0.717, 1.165) is 6.54 Å². The molecule has 26 heavy (non-hydrogen) atoms. The summed E-state index contributed by atoms with van der Waals surface area (Å²) in [6.45, 7) is 3.33. The number of hydrogen-bond acceptors (Lipinski definition) is 6. The van der Waals surface area contributed by atoms with E-state index in [2.05, 4.69) is 0 Å². The van der Waals surface area contributed by atoms with Gasteiger partial charge >= 0.3 is 5.97 Å². The van der Waals surface area contributed by atoms with E-state index in [4.69, 9.17) is 14.6 Å². The van der Waals surface area contributed by atoms with Crippen molar-refractivity contribution < 1.29 is 29.0 Å². The van der Waals surface area contributed by atoms with Crippen LogP contribution in [0.4, 0.5) is 0 Å². The van der Waals surface area contributed by atoms with Gasteiger partial charge in [-0.3, -0.25) is 14.5 Å². The first kappa shape index (κ1) is 19.8. The Balaban J connectivity index is 1.85. The molecule has 7 heteroatoms. The summed E-state index contributed by atoms with van der Waals surface area (Å²) in [4.78, 5) is 35.7. The molecule has 0 aliphatic carbocycles. The van der Waals surface area contributed by atoms with Crippen molar-refractivity contribution >= 4 is 17.7 Å². The molecule has 140 valence electrons. The van der Waals surface area contributed by atoms with Gasteiger partial charge < -0.3 is 14.6 Å². The number of Topliss-reactive ketones (excluding diaryl/α,β-unsaturated/α-hetero) is 1. The highest BCUT2D eigenvalue weighted by atomic mass is 16.5. The zero-order valence-electron chi connectivity index (χ0n) is 14.9. The van der Waals surface area contributed by atoms with Gasteiger partial charge in [-0.15, -0.1) is 0 Å². The summed E-state index contributed by atoms with van der Waals surface area (Å²) in [5, 5.41) is 8.77. The van der Waals surface area contributed by atoms with Gasteiger partial charge in [0.05, 0.1) is 12.0 Å². The highest BCUT2D eigenvalue weighted by Gasteiger charge is 2.29. The van der Waals surface area contributed by atoms with Gasteiger partial charge in [0.25, 0.3) is 0 Å². The van der Waals surface area contributed by atoms with Crippen LogP contribution in [-0.4, -0.2) is 60.7 Å². The van der Waals surface area contributed by atoms with Gasteiger partial charge in [-0.25, -0.2) is 4.79 Å². The van der Waals surface area contributed by atoms with E-state index in [1.54, 1.807) is 38.3 Å². The number of rotatable bonds is 9. The first-order valence-electron chi connectivity index (χ1n) is 8.45. The fraction of sp³-hybridized carbons (Fsp3) is 0.474. The molecule has 1 N–H and O–H groups in total. The third kappa shape index (κ3) is 5.02. The molecule has 0 radical (unpaired) electrons. The second kappa shape index (κ2) is 9.29. The van der Waals surface area contributed by atoms with Crippen LogP contribution < -0.4 is 4.74 Å². The number of carbonyl (C=O) groups excluding carboxylic acids is 2. The van der Waals surface area contributed by atoms with E-state index >= 15 is 0 Å². The molecule has 0 spiro atoms. The number of methoxy groups -OCH3 is 1. The van der Waals surface area contributed by atoms with Crippen molar-refractivity contribution in [2.45, 2.75) is 26.0 Å². The van der Waals surface area contributed by atoms with E-state index in [-0.39, 0.29) is 18.4 Å². The maximum atomic E-state index is 12.1. The standard InChI is InChI=1S/C19H23NO6/c1-13(11-17(22)23)18(24)14-3-5-16(6-4-14)26-10-9-20-8-7-15(12-21)19(20)25-2/h3-6,13,19H,7-11H2,1-2H3,(H,22,23). The third-order valence-electron chi connectivity index (χ3n) is 4.37. The molecule has 0 aromatic heterocycles. The third-order valence-corrected chi connectivity index (χ3v) is 4.37. The van der Waals surface area contributed by atoms with Crippen LogP contribution in [0.25, 0.3) is 0 Å². The van der Waals surface area contributed by atoms with Crippen LogP contribution in [0.5, 0.6) is 5.75 Å². The molecule has 1 aromatic rings. The lowest BCUT2D eigenvalue weighted by Crippen LogP contribution is -2.35. The monoisotopic (exact) mass is 361 g/mol. The Morgan fingerprint density at radius 3 is 2.62 bits per heavy atom. The van der Waals surface area contributed by atoms with Gasteiger partial charge in [0.2, 0.25) is 0 Å². The Morgan fingerprint density at radius 1 is 1.35 bits per heavy atom. The largest absolute Gasteiger partial charge is 0.492 e. The molecular formula is C19H23NO6. The van der Waals surface area contributed by atoms with Crippen LogP contribution in [0, 0.1) is 5.92 Å². The van der Waals surface area contributed by atoms with Gasteiger partial charge in [0, 0.05) is 31.7 Å². The lowest BCUT2D eigenvalue weighted by Gasteiger charge is -2.22. The van der Waals surface area contributed by atoms with Gasteiger partial charge in [-0.2, -0.15) is 0 Å². The first-order valence-corrected chi connectivity index (χ1v) is 8.45. The van der Waals surface area contributed by atoms with E-state index in [1.165, 1.54) is 0 Å². The molecular weight excluding hydrogens is 338 g/mol. The number of carboxylic acids is 1. The van der Waals surface area contributed by atoms with Gasteiger partial charge in [0.15, 0.2) is 5.78 Å². The van der Waals surface area contributed by atoms with Gasteiger partial charge in [0.1, 0.15) is 24.5 Å². The number of benzene rings is 1. The molecule has 0 bridgehead atoms. The average molecular weight is 361 g/mol. The summed E-state index contributed by atoms with van der Waals surface area (Å²) in [6, 6.07) is 6.65. The van der Waals surface area contributed by atoms with Crippen LogP contribution in [0.3, 0.4) is 0 Å². The molecule has 0 amide bonds. The molecule has 1 aliphatic rings. The number of aliphatic carboxylic acids is 1. The van der Waals surface area contributed by atoms with Crippen molar-refractivity contribution in [2.24, 2.45) is 5.92 Å². The van der Waals surface area contributed by atoms with E-state index < -0.39 is 11.9 Å². The molecule has 1 aliphatic heterocycles. The van der Waals surface area contributed by atoms with E-state index in [0.29, 0.717) is 36.5 Å². The van der Waals surface area contributed by atoms with Crippen molar-refractivity contribution in [1.82, 2.24) is 4.90 Å². The topological polar surface area (TPSA) is 93.1 Å². The molecule has 2 atom stereocenters. The molecule has 0 saturated carbocycles. The first-order chi connectivity index (χ1) is 12.5. The molecule has 2 unspecified atom stereocenters. The van der Waals surface area contributed by atoms with E-state index in [9.17, 15) is 14.4 Å². The van der Waals surface area contributed by atoms with E-state index in [1.807, 2.05) is 10.8 Å². The normalized spacial score (nSPS) is 18.4. The number of carbonyl (C=O) groups is 2. The lowest BCUT2D eigenvalue weighted by molar-refractivity contribution is -0.137. The molecule has 7 nitrogen and oxygen atoms in total. The predicted molar refractivity (Wildman–Crippen MR) is 93.9 cm³/mol. The zero-order chi connectivity index (χ0) is 19.1. The number of likely N-dealkylation sites (tertiary alicyclic amines) is 1. The van der Waals surface area contributed by atoms with Crippen LogP contribution in [0.1, 0.15) is 30.1 Å². The predicted octanol–water partition coefficient (Wildman–Crippen LogP) is 1.80. The van der Waals surface area contributed by atoms with Crippen LogP contribution in [0.15, 0.2) is 29.8 Å². The van der Waals surface area contributed by atoms with Crippen molar-refractivity contribution in [3.05, 3.63) is 35.4 Å². The Morgan fingerprint density at radius 2 is 2.04 bits per heavy atom. The number of carboxylic acid groups (broad SMARTS) is 1. The Bertz CT molecular complexity index is 692. The molecule has 1 aromatic carbocycles. The fourth-order valence-electron chi connectivity index (χ4n) is 2.98. The highest BCUT2D eigenvalue weighted by molar-refractivity contribution is 5.99. The Kier molecular flexibility index (Phi) is 7.09. The molecule has 1 fully saturated rings. The second-order valence-electron chi connectivity index (χ2n) is 6.24. The smallest absolute Gasteiger partial charge is 0.304 e. The van der Waals surface area contributed by atoms with Crippen molar-refractivity contribution in [1.29, 1.82) is 0 Å². The minimum atomic E-state index is -0.991. The summed E-state index contributed by atoms with van der Waals surface area (Å²) >= 11 is 0. The number of ether oxygens (including phenoxy) is 2. The number of ketones is 1. The van der Waals surface area contributed by atoms with Crippen LogP contribution in [0.2, 0.25) is 0 Å². The minimum absolute atomic E-state index is 0.190. The average Bonchev–Trinajstić information content (AvgIpc) is 3.03. The summed E-state index contributed by atoms with van der Waals surface area (Å²) in [7, 11) is 1.56. The number of nitrogens with zero attached hydrogens (tertiary/aromatic N) is 1. The summed E-state index contributed by atoms with van der Waals surface area (Å²) in [5.41, 5.74) is 1.08. The quantitative estimate of drug-likeness (QED) is 0.529. The Labute approximate surface area is 152 Å². The fourth-order valence-corrected chi connectivity index (χ4v) is 2.98. The summed E-state index contributed by atoms with van der Waals surface area (Å²) in [5.74, 6) is 0.787. The highest BCUT2D eigenvalue weighted by Crippen LogP contribution is 2.22.